The minimum Gasteiger partial charge on any atom is -0.383 e. The average Bonchev–Trinajstić information content (AvgIpc) is 2.26. The molecule has 0 unspecified atom stereocenters. The zero-order chi connectivity index (χ0) is 10.7. The number of hydrogen-bond donors (Lipinski definition) is 2. The summed E-state index contributed by atoms with van der Waals surface area (Å²) in [5.41, 5.74) is 6.63. The molecule has 0 amide bonds. The first-order valence-electron chi connectivity index (χ1n) is 5.18. The van der Waals surface area contributed by atoms with Gasteiger partial charge in [0.2, 0.25) is 0 Å². The Kier molecular flexibility index (Phi) is 3.01. The second kappa shape index (κ2) is 4.44. The lowest BCUT2D eigenvalue weighted by atomic mass is 10.1. The molecule has 5 heteroatoms. The quantitative estimate of drug-likeness (QED) is 0.757. The molecule has 1 aromatic heterocycles. The molecule has 1 fully saturated rings. The summed E-state index contributed by atoms with van der Waals surface area (Å²) in [6.07, 6.45) is 3.52. The Morgan fingerprint density at radius 1 is 1.40 bits per heavy atom. The maximum Gasteiger partial charge on any atom is 0.134 e. The fraction of sp³-hybridized carbons (Fsp3) is 0.600. The van der Waals surface area contributed by atoms with Crippen LogP contribution in [0.4, 0.5) is 11.6 Å². The van der Waals surface area contributed by atoms with E-state index in [1.807, 2.05) is 6.92 Å². The summed E-state index contributed by atoms with van der Waals surface area (Å²) >= 11 is 0. The van der Waals surface area contributed by atoms with Gasteiger partial charge in [0.25, 0.3) is 0 Å². The van der Waals surface area contributed by atoms with Crippen molar-refractivity contribution in [2.45, 2.75) is 25.8 Å². The molecular weight excluding hydrogens is 192 g/mol. The number of anilines is 2. The van der Waals surface area contributed by atoms with E-state index in [1.165, 1.54) is 6.33 Å². The molecule has 82 valence electrons. The molecule has 0 aliphatic carbocycles. The van der Waals surface area contributed by atoms with Crippen molar-refractivity contribution in [3.8, 4) is 0 Å². The maximum absolute atomic E-state index is 5.71. The molecule has 1 aromatic rings. The number of nitrogen functional groups attached to an aromatic ring is 1. The van der Waals surface area contributed by atoms with E-state index in [4.69, 9.17) is 10.5 Å². The molecule has 15 heavy (non-hydrogen) atoms. The van der Waals surface area contributed by atoms with E-state index in [9.17, 15) is 0 Å². The van der Waals surface area contributed by atoms with E-state index in [2.05, 4.69) is 15.3 Å². The summed E-state index contributed by atoms with van der Waals surface area (Å²) in [6, 6.07) is 0.437. The standard InChI is InChI=1S/C10H16N4O/c1-7-9(11)12-6-13-10(7)14-8-2-4-15-5-3-8/h6,8H,2-5H2,1H3,(H3,11,12,13,14). The van der Waals surface area contributed by atoms with Crippen LogP contribution in [0.15, 0.2) is 6.33 Å². The predicted octanol–water partition coefficient (Wildman–Crippen LogP) is 0.958. The lowest BCUT2D eigenvalue weighted by molar-refractivity contribution is 0.0904. The molecule has 3 N–H and O–H groups in total. The Labute approximate surface area is 89.1 Å². The Hall–Kier alpha value is -1.36. The zero-order valence-electron chi connectivity index (χ0n) is 8.86. The van der Waals surface area contributed by atoms with Gasteiger partial charge in [-0.1, -0.05) is 0 Å². The van der Waals surface area contributed by atoms with Crippen LogP contribution in [0.25, 0.3) is 0 Å². The average molecular weight is 208 g/mol. The molecule has 1 saturated heterocycles. The van der Waals surface area contributed by atoms with E-state index < -0.39 is 0 Å². The third-order valence-electron chi connectivity index (χ3n) is 2.69. The predicted molar refractivity (Wildman–Crippen MR) is 58.6 cm³/mol. The Morgan fingerprint density at radius 2 is 2.13 bits per heavy atom. The summed E-state index contributed by atoms with van der Waals surface area (Å²) in [5, 5.41) is 3.38. The van der Waals surface area contributed by atoms with Crippen molar-refractivity contribution >= 4 is 11.6 Å². The number of ether oxygens (including phenoxy) is 1. The number of nitrogens with two attached hydrogens (primary N) is 1. The first kappa shape index (κ1) is 10.2. The van der Waals surface area contributed by atoms with Crippen LogP contribution in [0.5, 0.6) is 0 Å². The first-order valence-corrected chi connectivity index (χ1v) is 5.18. The molecule has 0 radical (unpaired) electrons. The van der Waals surface area contributed by atoms with Gasteiger partial charge in [-0.15, -0.1) is 0 Å². The third kappa shape index (κ3) is 2.36. The molecule has 0 atom stereocenters. The van der Waals surface area contributed by atoms with Crippen LogP contribution in [-0.4, -0.2) is 29.2 Å². The van der Waals surface area contributed by atoms with Gasteiger partial charge in [-0.05, 0) is 19.8 Å². The van der Waals surface area contributed by atoms with Crippen molar-refractivity contribution in [2.75, 3.05) is 24.3 Å². The van der Waals surface area contributed by atoms with Crippen molar-refractivity contribution < 1.29 is 4.74 Å². The minimum atomic E-state index is 0.437. The fourth-order valence-electron chi connectivity index (χ4n) is 1.64. The molecule has 2 rings (SSSR count). The van der Waals surface area contributed by atoms with Crippen molar-refractivity contribution in [3.05, 3.63) is 11.9 Å². The molecule has 2 heterocycles. The lowest BCUT2D eigenvalue weighted by Gasteiger charge is -2.24. The number of rotatable bonds is 2. The van der Waals surface area contributed by atoms with Gasteiger partial charge in [0.1, 0.15) is 18.0 Å². The summed E-state index contributed by atoms with van der Waals surface area (Å²) in [4.78, 5) is 8.12. The van der Waals surface area contributed by atoms with Gasteiger partial charge in [0, 0.05) is 24.8 Å². The van der Waals surface area contributed by atoms with Crippen molar-refractivity contribution in [2.24, 2.45) is 0 Å². The van der Waals surface area contributed by atoms with Crippen LogP contribution < -0.4 is 11.1 Å². The number of nitrogens with one attached hydrogen (secondary N) is 1. The highest BCUT2D eigenvalue weighted by atomic mass is 16.5. The van der Waals surface area contributed by atoms with Crippen LogP contribution in [0.2, 0.25) is 0 Å². The largest absolute Gasteiger partial charge is 0.383 e. The Balaban J connectivity index is 2.06. The summed E-state index contributed by atoms with van der Waals surface area (Å²) in [5.74, 6) is 1.38. The van der Waals surface area contributed by atoms with Crippen molar-refractivity contribution in [1.29, 1.82) is 0 Å². The molecule has 0 saturated carbocycles. The van der Waals surface area contributed by atoms with Crippen LogP contribution in [0.3, 0.4) is 0 Å². The molecule has 1 aliphatic rings. The monoisotopic (exact) mass is 208 g/mol. The SMILES string of the molecule is Cc1c(N)ncnc1NC1CCOCC1. The number of nitrogens with zero attached hydrogens (tertiary/aromatic N) is 2. The van der Waals surface area contributed by atoms with Crippen LogP contribution in [0.1, 0.15) is 18.4 Å². The van der Waals surface area contributed by atoms with Gasteiger partial charge < -0.3 is 15.8 Å². The summed E-state index contributed by atoms with van der Waals surface area (Å²) in [6.45, 7) is 3.56. The topological polar surface area (TPSA) is 73.1 Å². The van der Waals surface area contributed by atoms with Gasteiger partial charge in [-0.2, -0.15) is 0 Å². The van der Waals surface area contributed by atoms with E-state index in [0.29, 0.717) is 11.9 Å². The third-order valence-corrected chi connectivity index (χ3v) is 2.69. The smallest absolute Gasteiger partial charge is 0.134 e. The van der Waals surface area contributed by atoms with Crippen LogP contribution >= 0.6 is 0 Å². The Bertz CT molecular complexity index is 336. The van der Waals surface area contributed by atoms with E-state index in [1.54, 1.807) is 0 Å². The molecule has 0 spiro atoms. The summed E-state index contributed by atoms with van der Waals surface area (Å²) in [7, 11) is 0. The van der Waals surface area contributed by atoms with Crippen molar-refractivity contribution in [1.82, 2.24) is 9.97 Å². The minimum absolute atomic E-state index is 0.437. The summed E-state index contributed by atoms with van der Waals surface area (Å²) < 4.78 is 5.29. The fourth-order valence-corrected chi connectivity index (χ4v) is 1.64. The number of hydrogen-bond acceptors (Lipinski definition) is 5. The van der Waals surface area contributed by atoms with Crippen LogP contribution in [0, 0.1) is 6.92 Å². The number of aromatic nitrogens is 2. The van der Waals surface area contributed by atoms with Crippen LogP contribution in [-0.2, 0) is 4.74 Å². The zero-order valence-corrected chi connectivity index (χ0v) is 8.86. The van der Waals surface area contributed by atoms with Gasteiger partial charge in [0.15, 0.2) is 0 Å². The first-order chi connectivity index (χ1) is 7.27. The van der Waals surface area contributed by atoms with Gasteiger partial charge >= 0.3 is 0 Å². The van der Waals surface area contributed by atoms with Gasteiger partial charge in [-0.25, -0.2) is 9.97 Å². The molecular formula is C10H16N4O. The second-order valence-corrected chi connectivity index (χ2v) is 3.76. The second-order valence-electron chi connectivity index (χ2n) is 3.76. The highest BCUT2D eigenvalue weighted by Gasteiger charge is 2.15. The molecule has 0 aromatic carbocycles. The van der Waals surface area contributed by atoms with E-state index in [0.717, 1.165) is 37.4 Å². The normalized spacial score (nSPS) is 17.7. The van der Waals surface area contributed by atoms with E-state index in [-0.39, 0.29) is 0 Å². The lowest BCUT2D eigenvalue weighted by Crippen LogP contribution is -2.28. The Morgan fingerprint density at radius 3 is 2.87 bits per heavy atom. The highest BCUT2D eigenvalue weighted by molar-refractivity contribution is 5.54. The van der Waals surface area contributed by atoms with Gasteiger partial charge in [-0.3, -0.25) is 0 Å². The molecule has 1 aliphatic heterocycles. The maximum atomic E-state index is 5.71. The van der Waals surface area contributed by atoms with Crippen molar-refractivity contribution in [3.63, 3.8) is 0 Å². The molecule has 0 bridgehead atoms. The highest BCUT2D eigenvalue weighted by Crippen LogP contribution is 2.18. The van der Waals surface area contributed by atoms with Gasteiger partial charge in [0.05, 0.1) is 0 Å². The van der Waals surface area contributed by atoms with E-state index >= 15 is 0 Å². The molecule has 5 nitrogen and oxygen atoms in total.